The molecule has 7 saturated carbocycles. The summed E-state index contributed by atoms with van der Waals surface area (Å²) in [6.07, 6.45) is 10.9. The van der Waals surface area contributed by atoms with Crippen LogP contribution in [0.1, 0.15) is 119 Å². The molecule has 14 atom stereocenters. The maximum atomic E-state index is 13.7. The average Bonchev–Trinajstić information content (AvgIpc) is 3.37. The minimum Gasteiger partial charge on any atom is -0.458 e. The van der Waals surface area contributed by atoms with Crippen LogP contribution in [0.5, 0.6) is 0 Å². The first-order valence-corrected chi connectivity index (χ1v) is 18.0. The van der Waals surface area contributed by atoms with Crippen molar-refractivity contribution in [2.75, 3.05) is 0 Å². The molecule has 7 aliphatic rings. The quantitative estimate of drug-likeness (QED) is 0.125. The second-order valence-electron chi connectivity index (χ2n) is 17.2. The molecule has 0 amide bonds. The number of hydrogen-bond acceptors (Lipinski definition) is 5. The van der Waals surface area contributed by atoms with Gasteiger partial charge in [-0.1, -0.05) is 43.4 Å². The number of hydrogen-bond donors (Lipinski definition) is 1. The van der Waals surface area contributed by atoms with E-state index in [-0.39, 0.29) is 23.0 Å². The van der Waals surface area contributed by atoms with Crippen LogP contribution in [0, 0.1) is 64.1 Å². The minimum atomic E-state index is -0.776. The van der Waals surface area contributed by atoms with Gasteiger partial charge in [0.1, 0.15) is 14.6 Å². The van der Waals surface area contributed by atoms with Gasteiger partial charge < -0.3 is 14.6 Å². The Hall–Kier alpha value is -0.370. The van der Waals surface area contributed by atoms with Crippen LogP contribution in [0.25, 0.3) is 0 Å². The van der Waals surface area contributed by atoms with E-state index in [0.717, 1.165) is 44.4 Å². The largest absolute Gasteiger partial charge is 0.458 e. The molecule has 0 radical (unpaired) electrons. The summed E-state index contributed by atoms with van der Waals surface area (Å²) in [4.78, 5) is 27.1. The molecule has 0 aliphatic heterocycles. The highest BCUT2D eigenvalue weighted by molar-refractivity contribution is 14.1. The van der Waals surface area contributed by atoms with Crippen LogP contribution in [0.3, 0.4) is 0 Å². The second kappa shape index (κ2) is 8.88. The highest BCUT2D eigenvalue weighted by atomic mass is 127. The Morgan fingerprint density at radius 1 is 0.878 bits per heavy atom. The smallest absolute Gasteiger partial charge is 0.322 e. The molecule has 5 nitrogen and oxygen atoms in total. The van der Waals surface area contributed by atoms with Gasteiger partial charge in [-0.25, -0.2) is 0 Å². The topological polar surface area (TPSA) is 72.8 Å². The third-order valence-electron chi connectivity index (χ3n) is 14.6. The van der Waals surface area contributed by atoms with E-state index < -0.39 is 20.0 Å². The lowest BCUT2D eigenvalue weighted by atomic mass is 9.64. The zero-order valence-electron chi connectivity index (χ0n) is 26.4. The molecule has 1 N–H and O–H groups in total. The number of carbonyl (C=O) groups excluding carboxylic acids is 2. The summed E-state index contributed by atoms with van der Waals surface area (Å²) in [7, 11) is 0. The maximum Gasteiger partial charge on any atom is 0.322 e. The van der Waals surface area contributed by atoms with Crippen LogP contribution in [0.4, 0.5) is 0 Å². The molecule has 230 valence electrons. The Morgan fingerprint density at radius 2 is 1.56 bits per heavy atom. The van der Waals surface area contributed by atoms with Crippen molar-refractivity contribution in [2.45, 2.75) is 139 Å². The van der Waals surface area contributed by atoms with E-state index in [4.69, 9.17) is 9.47 Å². The molecular weight excluding hydrogens is 627 g/mol. The zero-order chi connectivity index (χ0) is 29.5. The van der Waals surface area contributed by atoms with E-state index in [1.807, 2.05) is 27.7 Å². The summed E-state index contributed by atoms with van der Waals surface area (Å²) in [6, 6.07) is 0. The van der Waals surface area contributed by atoms with E-state index in [1.165, 1.54) is 25.7 Å². The van der Waals surface area contributed by atoms with Crippen LogP contribution in [0.2, 0.25) is 0 Å². The molecule has 13 unspecified atom stereocenters. The molecule has 0 aromatic heterocycles. The standard InChI is InChI=1S/C35H53IO5/c1-8-30(4,5)28(37)40-35-17-31(6,39)16-33(18-35)15-23(33)27(35)25-20-11-12-21(25)26-22-13-19(24(20)26)14-34(22,10-3)41-29(38)32(7,36)9-2/h19-27,39H,8-18H2,1-7H3/t19?,20?,21?,22?,23?,24?,25?,26?,27?,31?,32?,33?,34-,35?/m1/s1. The monoisotopic (exact) mass is 680 g/mol. The molecule has 0 aromatic carbocycles. The predicted octanol–water partition coefficient (Wildman–Crippen LogP) is 7.50. The van der Waals surface area contributed by atoms with E-state index in [9.17, 15) is 14.7 Å². The molecule has 6 bridgehead atoms. The lowest BCUT2D eigenvalue weighted by Crippen LogP contribution is -2.54. The fourth-order valence-electron chi connectivity index (χ4n) is 12.7. The molecule has 41 heavy (non-hydrogen) atoms. The van der Waals surface area contributed by atoms with Crippen molar-refractivity contribution in [2.24, 2.45) is 64.1 Å². The van der Waals surface area contributed by atoms with Gasteiger partial charge in [-0.05, 0) is 139 Å². The van der Waals surface area contributed by atoms with Gasteiger partial charge in [0, 0.05) is 18.3 Å². The van der Waals surface area contributed by atoms with E-state index in [0.29, 0.717) is 53.8 Å². The third kappa shape index (κ3) is 3.92. The molecule has 0 aromatic rings. The third-order valence-corrected chi connectivity index (χ3v) is 15.8. The Labute approximate surface area is 261 Å². The summed E-state index contributed by atoms with van der Waals surface area (Å²) in [5.41, 5.74) is -1.97. The van der Waals surface area contributed by atoms with Gasteiger partial charge in [0.05, 0.1) is 11.0 Å². The molecule has 7 fully saturated rings. The van der Waals surface area contributed by atoms with E-state index in [1.54, 1.807) is 0 Å². The summed E-state index contributed by atoms with van der Waals surface area (Å²) >= 11 is 2.29. The van der Waals surface area contributed by atoms with Crippen molar-refractivity contribution >= 4 is 34.5 Å². The van der Waals surface area contributed by atoms with Crippen LogP contribution < -0.4 is 0 Å². The van der Waals surface area contributed by atoms with Crippen LogP contribution >= 0.6 is 22.6 Å². The lowest BCUT2D eigenvalue weighted by Gasteiger charge is -2.49. The van der Waals surface area contributed by atoms with Crippen LogP contribution in [-0.4, -0.2) is 37.3 Å². The Morgan fingerprint density at radius 3 is 2.20 bits per heavy atom. The number of carbonyl (C=O) groups is 2. The molecule has 0 saturated heterocycles. The highest BCUT2D eigenvalue weighted by Crippen LogP contribution is 2.83. The van der Waals surface area contributed by atoms with Crippen molar-refractivity contribution in [3.8, 4) is 0 Å². The molecule has 0 heterocycles. The van der Waals surface area contributed by atoms with Crippen molar-refractivity contribution < 1.29 is 24.2 Å². The predicted molar refractivity (Wildman–Crippen MR) is 166 cm³/mol. The summed E-state index contributed by atoms with van der Waals surface area (Å²) in [6.45, 7) is 14.4. The number of aliphatic hydroxyl groups is 1. The normalized spacial score (nSPS) is 53.5. The SMILES string of the molecule is CCC(C)(C)C(=O)OC12CC(C)(O)CC3(CC3C1C1C3CCC1C1C3C3CC1[C@](CC)(OC(=O)C(C)(I)CC)C3)C2. The Kier molecular flexibility index (Phi) is 6.35. The fourth-order valence-corrected chi connectivity index (χ4v) is 12.8. The van der Waals surface area contributed by atoms with Gasteiger partial charge in [0.15, 0.2) is 0 Å². The first-order chi connectivity index (χ1) is 19.1. The van der Waals surface area contributed by atoms with Crippen molar-refractivity contribution in [3.05, 3.63) is 0 Å². The average molecular weight is 681 g/mol. The number of fused-ring (bicyclic) bond motifs is 10. The molecular formula is C35H53IO5. The zero-order valence-corrected chi connectivity index (χ0v) is 28.6. The summed E-state index contributed by atoms with van der Waals surface area (Å²) < 4.78 is 12.9. The van der Waals surface area contributed by atoms with Gasteiger partial charge in [0.2, 0.25) is 0 Å². The van der Waals surface area contributed by atoms with E-state index in [2.05, 4.69) is 43.4 Å². The Balaban J connectivity index is 1.22. The first kappa shape index (κ1) is 29.3. The fraction of sp³-hybridized carbons (Fsp3) is 0.943. The number of alkyl halides is 1. The highest BCUT2D eigenvalue weighted by Gasteiger charge is 2.81. The van der Waals surface area contributed by atoms with Crippen molar-refractivity contribution in [1.29, 1.82) is 0 Å². The number of esters is 2. The Bertz CT molecular complexity index is 1150. The summed E-state index contributed by atoms with van der Waals surface area (Å²) in [5, 5.41) is 11.6. The lowest BCUT2D eigenvalue weighted by molar-refractivity contribution is -0.196. The number of ether oxygens (including phenoxy) is 2. The van der Waals surface area contributed by atoms with E-state index >= 15 is 0 Å². The maximum absolute atomic E-state index is 13.7. The van der Waals surface area contributed by atoms with Crippen molar-refractivity contribution in [3.63, 3.8) is 0 Å². The van der Waals surface area contributed by atoms with Gasteiger partial charge in [-0.2, -0.15) is 0 Å². The number of halogens is 1. The van der Waals surface area contributed by atoms with Crippen molar-refractivity contribution in [1.82, 2.24) is 0 Å². The summed E-state index contributed by atoms with van der Waals surface area (Å²) in [5.74, 6) is 5.21. The molecule has 1 spiro atoms. The van der Waals surface area contributed by atoms with Gasteiger partial charge in [-0.15, -0.1) is 0 Å². The van der Waals surface area contributed by atoms with Gasteiger partial charge in [0.25, 0.3) is 0 Å². The van der Waals surface area contributed by atoms with Crippen LogP contribution in [0.15, 0.2) is 0 Å². The van der Waals surface area contributed by atoms with Crippen LogP contribution in [-0.2, 0) is 19.1 Å². The molecule has 6 heteroatoms. The number of rotatable bonds is 8. The van der Waals surface area contributed by atoms with Gasteiger partial charge >= 0.3 is 11.9 Å². The second-order valence-corrected chi connectivity index (χ2v) is 19.6. The first-order valence-electron chi connectivity index (χ1n) is 17.0. The molecule has 7 aliphatic carbocycles. The minimum absolute atomic E-state index is 0.0256. The molecule has 7 rings (SSSR count). The van der Waals surface area contributed by atoms with Gasteiger partial charge in [-0.3, -0.25) is 9.59 Å².